The molecular weight excluding hydrogens is 244 g/mol. The lowest BCUT2D eigenvalue weighted by Gasteiger charge is -2.20. The molecule has 0 spiro atoms. The van der Waals surface area contributed by atoms with E-state index in [0.29, 0.717) is 5.25 Å². The van der Waals surface area contributed by atoms with Gasteiger partial charge in [0.1, 0.15) is 5.82 Å². The maximum Gasteiger partial charge on any atom is 0.199 e. The lowest BCUT2D eigenvalue weighted by atomic mass is 10.1. The lowest BCUT2D eigenvalue weighted by molar-refractivity contribution is 0.390. The quantitative estimate of drug-likeness (QED) is 0.850. The van der Waals surface area contributed by atoms with Gasteiger partial charge in [-0.05, 0) is 30.7 Å². The zero-order valence-corrected chi connectivity index (χ0v) is 11.4. The number of thioether (sulfide) groups is 1. The minimum atomic E-state index is 0.717. The number of nitrogens with zero attached hydrogens (tertiary/aromatic N) is 2. The topological polar surface area (TPSA) is 26.5 Å². The summed E-state index contributed by atoms with van der Waals surface area (Å²) in [6.45, 7) is 0. The minimum absolute atomic E-state index is 0.717. The molecule has 1 aliphatic rings. The molecule has 2 aromatic rings. The third kappa shape index (κ3) is 2.21. The Kier molecular flexibility index (Phi) is 3.46. The highest BCUT2D eigenvalue weighted by atomic mass is 32.2. The molecule has 0 bridgehead atoms. The number of aromatic nitrogens is 2. The summed E-state index contributed by atoms with van der Waals surface area (Å²) in [5, 5.41) is 0.717. The summed E-state index contributed by atoms with van der Waals surface area (Å²) >= 11 is 2.09. The van der Waals surface area contributed by atoms with E-state index in [1.165, 1.54) is 25.0 Å². The zero-order chi connectivity index (χ0) is 12.4. The number of ether oxygens (including phenoxy) is 1. The van der Waals surface area contributed by atoms with Crippen LogP contribution in [0.3, 0.4) is 0 Å². The van der Waals surface area contributed by atoms with Gasteiger partial charge in [-0.2, -0.15) is 11.8 Å². The summed E-state index contributed by atoms with van der Waals surface area (Å²) in [5.74, 6) is 3.30. The number of hydrogen-bond donors (Lipinski definition) is 0. The first-order valence-electron chi connectivity index (χ1n) is 6.49. The van der Waals surface area contributed by atoms with Crippen molar-refractivity contribution in [3.8, 4) is 5.88 Å². The largest absolute Gasteiger partial charge is 0.482 e. The van der Waals surface area contributed by atoms with Crippen molar-refractivity contribution in [3.05, 3.63) is 30.2 Å². The summed E-state index contributed by atoms with van der Waals surface area (Å²) < 4.78 is 7.57. The maximum absolute atomic E-state index is 5.43. The van der Waals surface area contributed by atoms with Crippen LogP contribution in [0.4, 0.5) is 0 Å². The smallest absolute Gasteiger partial charge is 0.199 e. The van der Waals surface area contributed by atoms with Gasteiger partial charge in [0.15, 0.2) is 5.88 Å². The van der Waals surface area contributed by atoms with E-state index < -0.39 is 0 Å². The third-order valence-corrected chi connectivity index (χ3v) is 4.88. The molecule has 3 rings (SSSR count). The predicted octanol–water partition coefficient (Wildman–Crippen LogP) is 3.17. The van der Waals surface area contributed by atoms with Crippen molar-refractivity contribution in [1.29, 1.82) is 0 Å². The van der Waals surface area contributed by atoms with Gasteiger partial charge >= 0.3 is 0 Å². The molecule has 3 nitrogen and oxygen atoms in total. The molecule has 0 N–H and O–H groups in total. The Morgan fingerprint density at radius 1 is 1.44 bits per heavy atom. The first-order valence-corrected chi connectivity index (χ1v) is 7.54. The van der Waals surface area contributed by atoms with Crippen molar-refractivity contribution in [2.45, 2.75) is 30.9 Å². The number of fused-ring (bicyclic) bond motifs is 1. The Balaban J connectivity index is 1.91. The first kappa shape index (κ1) is 11.9. The summed E-state index contributed by atoms with van der Waals surface area (Å²) in [6, 6.07) is 6.08. The third-order valence-electron chi connectivity index (χ3n) is 3.48. The molecule has 1 atom stereocenters. The number of pyridine rings is 1. The molecule has 3 heterocycles. The molecule has 0 radical (unpaired) electrons. The fraction of sp³-hybridized carbons (Fsp3) is 0.500. The second-order valence-corrected chi connectivity index (χ2v) is 6.10. The molecule has 96 valence electrons. The van der Waals surface area contributed by atoms with Crippen LogP contribution in [0.15, 0.2) is 24.4 Å². The average Bonchev–Trinajstić information content (AvgIpc) is 2.83. The number of methoxy groups -OCH3 is 1. The number of rotatable bonds is 3. The van der Waals surface area contributed by atoms with Crippen molar-refractivity contribution in [1.82, 2.24) is 9.38 Å². The molecule has 0 amide bonds. The zero-order valence-electron chi connectivity index (χ0n) is 10.6. The first-order chi connectivity index (χ1) is 8.88. The van der Waals surface area contributed by atoms with Crippen LogP contribution >= 0.6 is 11.8 Å². The monoisotopic (exact) mass is 262 g/mol. The van der Waals surface area contributed by atoms with Crippen molar-refractivity contribution in [2.24, 2.45) is 0 Å². The van der Waals surface area contributed by atoms with Crippen LogP contribution in [0.5, 0.6) is 5.88 Å². The van der Waals surface area contributed by atoms with Crippen LogP contribution in [0.25, 0.3) is 5.52 Å². The highest BCUT2D eigenvalue weighted by Crippen LogP contribution is 2.28. The van der Waals surface area contributed by atoms with Gasteiger partial charge in [-0.15, -0.1) is 0 Å². The van der Waals surface area contributed by atoms with Crippen LogP contribution in [0, 0.1) is 0 Å². The molecular formula is C14H18N2OS. The molecule has 4 heteroatoms. The van der Waals surface area contributed by atoms with Gasteiger partial charge in [-0.3, -0.25) is 4.40 Å². The van der Waals surface area contributed by atoms with E-state index in [-0.39, 0.29) is 0 Å². The number of hydrogen-bond acceptors (Lipinski definition) is 3. The van der Waals surface area contributed by atoms with E-state index in [2.05, 4.69) is 27.2 Å². The molecule has 0 aliphatic carbocycles. The SMILES string of the molecule is COc1cccc2cnc(CC3CCCCS3)n12. The van der Waals surface area contributed by atoms with Crippen LogP contribution in [-0.2, 0) is 6.42 Å². The van der Waals surface area contributed by atoms with Gasteiger partial charge in [0, 0.05) is 11.7 Å². The highest BCUT2D eigenvalue weighted by molar-refractivity contribution is 7.99. The number of imidazole rings is 1. The Labute approximate surface area is 112 Å². The molecule has 18 heavy (non-hydrogen) atoms. The molecule has 0 aromatic carbocycles. The van der Waals surface area contributed by atoms with Crippen molar-refractivity contribution in [3.63, 3.8) is 0 Å². The van der Waals surface area contributed by atoms with Crippen molar-refractivity contribution < 1.29 is 4.74 Å². The van der Waals surface area contributed by atoms with E-state index in [1.54, 1.807) is 7.11 Å². The van der Waals surface area contributed by atoms with Gasteiger partial charge in [0.05, 0.1) is 18.8 Å². The Morgan fingerprint density at radius 3 is 3.17 bits per heavy atom. The standard InChI is InChI=1S/C14H18N2OS/c1-17-14-7-4-5-11-10-15-13(16(11)14)9-12-6-2-3-8-18-12/h4-5,7,10,12H,2-3,6,8-9H2,1H3. The lowest BCUT2D eigenvalue weighted by Crippen LogP contribution is -2.14. The fourth-order valence-electron chi connectivity index (χ4n) is 2.56. The molecule has 1 fully saturated rings. The minimum Gasteiger partial charge on any atom is -0.482 e. The van der Waals surface area contributed by atoms with Crippen LogP contribution in [0.2, 0.25) is 0 Å². The predicted molar refractivity (Wildman–Crippen MR) is 75.5 cm³/mol. The van der Waals surface area contributed by atoms with Gasteiger partial charge in [0.2, 0.25) is 0 Å². The van der Waals surface area contributed by atoms with Crippen LogP contribution < -0.4 is 4.74 Å². The molecule has 1 unspecified atom stereocenters. The summed E-state index contributed by atoms with van der Waals surface area (Å²) in [5.41, 5.74) is 1.12. The van der Waals surface area contributed by atoms with Gasteiger partial charge < -0.3 is 4.74 Å². The Morgan fingerprint density at radius 2 is 2.39 bits per heavy atom. The second kappa shape index (κ2) is 5.22. The van der Waals surface area contributed by atoms with E-state index in [9.17, 15) is 0 Å². The Bertz CT molecular complexity index is 532. The normalized spacial score (nSPS) is 20.2. The molecule has 1 aliphatic heterocycles. The molecule has 1 saturated heterocycles. The van der Waals surface area contributed by atoms with Gasteiger partial charge in [-0.1, -0.05) is 12.5 Å². The van der Waals surface area contributed by atoms with E-state index in [0.717, 1.165) is 23.6 Å². The van der Waals surface area contributed by atoms with E-state index >= 15 is 0 Å². The van der Waals surface area contributed by atoms with E-state index in [1.807, 2.05) is 18.3 Å². The molecule has 0 saturated carbocycles. The average molecular weight is 262 g/mol. The van der Waals surface area contributed by atoms with Gasteiger partial charge in [0.25, 0.3) is 0 Å². The van der Waals surface area contributed by atoms with E-state index in [4.69, 9.17) is 4.74 Å². The Hall–Kier alpha value is -1.16. The van der Waals surface area contributed by atoms with Crippen molar-refractivity contribution in [2.75, 3.05) is 12.9 Å². The summed E-state index contributed by atoms with van der Waals surface area (Å²) in [4.78, 5) is 4.57. The summed E-state index contributed by atoms with van der Waals surface area (Å²) in [7, 11) is 1.72. The van der Waals surface area contributed by atoms with Gasteiger partial charge in [-0.25, -0.2) is 4.98 Å². The maximum atomic E-state index is 5.43. The highest BCUT2D eigenvalue weighted by Gasteiger charge is 2.17. The summed E-state index contributed by atoms with van der Waals surface area (Å²) in [6.07, 6.45) is 7.02. The fourth-order valence-corrected chi connectivity index (χ4v) is 3.86. The molecule has 2 aromatic heterocycles. The van der Waals surface area contributed by atoms with Crippen LogP contribution in [0.1, 0.15) is 25.1 Å². The van der Waals surface area contributed by atoms with Crippen LogP contribution in [-0.4, -0.2) is 27.5 Å². The second-order valence-electron chi connectivity index (χ2n) is 4.70. The van der Waals surface area contributed by atoms with Crippen molar-refractivity contribution >= 4 is 17.3 Å².